The van der Waals surface area contributed by atoms with E-state index in [1.165, 1.54) is 0 Å². The van der Waals surface area contributed by atoms with Gasteiger partial charge in [-0.3, -0.25) is 0 Å². The Morgan fingerprint density at radius 3 is 2.82 bits per heavy atom. The Morgan fingerprint density at radius 2 is 2.24 bits per heavy atom. The van der Waals surface area contributed by atoms with E-state index in [4.69, 9.17) is 5.26 Å². The molecule has 1 unspecified atom stereocenters. The first kappa shape index (κ1) is 14.4. The number of hydrogen-bond donors (Lipinski definition) is 2. The number of nitrogens with one attached hydrogen (secondary N) is 1. The highest BCUT2D eigenvalue weighted by Crippen LogP contribution is 2.20. The summed E-state index contributed by atoms with van der Waals surface area (Å²) >= 11 is 4.95. The number of thioether (sulfide) groups is 1. The van der Waals surface area contributed by atoms with Gasteiger partial charge in [0.2, 0.25) is 0 Å². The number of nitriles is 1. The first-order valence-corrected chi connectivity index (χ1v) is 7.31. The topological polar surface area (TPSA) is 56.0 Å². The highest BCUT2D eigenvalue weighted by Gasteiger charge is 2.19. The summed E-state index contributed by atoms with van der Waals surface area (Å²) in [4.78, 5) is 0. The summed E-state index contributed by atoms with van der Waals surface area (Å²) in [6, 6.07) is 7.50. The molecule has 0 amide bonds. The molecule has 0 saturated heterocycles. The Kier molecular flexibility index (Phi) is 5.31. The molecule has 2 N–H and O–H groups in total. The van der Waals surface area contributed by atoms with Crippen molar-refractivity contribution >= 4 is 33.4 Å². The van der Waals surface area contributed by atoms with E-state index in [0.717, 1.165) is 10.2 Å². The van der Waals surface area contributed by atoms with Crippen LogP contribution in [0.15, 0.2) is 22.7 Å². The minimum absolute atomic E-state index is 0.454. The molecule has 0 spiro atoms. The second-order valence-corrected chi connectivity index (χ2v) is 5.91. The number of halogens is 1. The molecule has 0 aromatic heterocycles. The van der Waals surface area contributed by atoms with Crippen molar-refractivity contribution in [1.82, 2.24) is 0 Å². The summed E-state index contributed by atoms with van der Waals surface area (Å²) in [5.74, 6) is 0.666. The Balaban J connectivity index is 2.70. The van der Waals surface area contributed by atoms with E-state index in [2.05, 4.69) is 27.3 Å². The van der Waals surface area contributed by atoms with Crippen molar-refractivity contribution < 1.29 is 5.11 Å². The average Bonchev–Trinajstić information content (AvgIpc) is 2.26. The van der Waals surface area contributed by atoms with E-state index in [1.807, 2.05) is 12.3 Å². The Morgan fingerprint density at radius 1 is 1.53 bits per heavy atom. The van der Waals surface area contributed by atoms with E-state index in [9.17, 15) is 5.11 Å². The second kappa shape index (κ2) is 6.29. The van der Waals surface area contributed by atoms with E-state index in [1.54, 1.807) is 30.8 Å². The van der Waals surface area contributed by atoms with Crippen LogP contribution in [0.3, 0.4) is 0 Å². The van der Waals surface area contributed by atoms with Gasteiger partial charge in [0.1, 0.15) is 0 Å². The van der Waals surface area contributed by atoms with Gasteiger partial charge in [0.15, 0.2) is 0 Å². The van der Waals surface area contributed by atoms with Crippen LogP contribution in [-0.4, -0.2) is 29.3 Å². The number of hydrogen-bond acceptors (Lipinski definition) is 4. The lowest BCUT2D eigenvalue weighted by molar-refractivity contribution is 0.0997. The highest BCUT2D eigenvalue weighted by molar-refractivity contribution is 9.10. The van der Waals surface area contributed by atoms with Crippen LogP contribution in [0, 0.1) is 11.3 Å². The summed E-state index contributed by atoms with van der Waals surface area (Å²) in [6.45, 7) is 2.24. The van der Waals surface area contributed by atoms with Gasteiger partial charge in [0, 0.05) is 22.5 Å². The van der Waals surface area contributed by atoms with Gasteiger partial charge in [-0.2, -0.15) is 17.0 Å². The van der Waals surface area contributed by atoms with Crippen LogP contribution < -0.4 is 5.32 Å². The third kappa shape index (κ3) is 4.99. The monoisotopic (exact) mass is 314 g/mol. The first-order valence-electron chi connectivity index (χ1n) is 5.13. The minimum Gasteiger partial charge on any atom is -0.387 e. The van der Waals surface area contributed by atoms with Crippen LogP contribution in [0.5, 0.6) is 0 Å². The average molecular weight is 315 g/mol. The summed E-state index contributed by atoms with van der Waals surface area (Å²) in [7, 11) is 0. The molecule has 0 fully saturated rings. The van der Waals surface area contributed by atoms with Crippen molar-refractivity contribution in [1.29, 1.82) is 5.26 Å². The zero-order chi connectivity index (χ0) is 12.9. The molecule has 1 rings (SSSR count). The lowest BCUT2D eigenvalue weighted by atomic mass is 10.1. The maximum Gasteiger partial charge on any atom is 0.0992 e. The summed E-state index contributed by atoms with van der Waals surface area (Å²) in [6.07, 6.45) is 1.96. The third-order valence-corrected chi connectivity index (χ3v) is 3.52. The molecule has 17 heavy (non-hydrogen) atoms. The van der Waals surface area contributed by atoms with Gasteiger partial charge in [0.25, 0.3) is 0 Å². The largest absolute Gasteiger partial charge is 0.387 e. The third-order valence-electron chi connectivity index (χ3n) is 2.16. The molecule has 0 aliphatic carbocycles. The number of anilines is 1. The molecule has 0 bridgehead atoms. The molecule has 5 heteroatoms. The molecule has 1 aromatic rings. The van der Waals surface area contributed by atoms with Crippen molar-refractivity contribution in [3.63, 3.8) is 0 Å². The molecule has 0 saturated carbocycles. The van der Waals surface area contributed by atoms with Gasteiger partial charge in [-0.25, -0.2) is 0 Å². The van der Waals surface area contributed by atoms with E-state index in [-0.39, 0.29) is 0 Å². The number of nitrogens with zero attached hydrogens (tertiary/aromatic N) is 1. The Bertz CT molecular complexity index is 429. The fourth-order valence-corrected chi connectivity index (χ4v) is 2.63. The minimum atomic E-state index is -0.755. The van der Waals surface area contributed by atoms with E-state index in [0.29, 0.717) is 17.9 Å². The smallest absolute Gasteiger partial charge is 0.0992 e. The van der Waals surface area contributed by atoms with E-state index >= 15 is 0 Å². The predicted molar refractivity (Wildman–Crippen MR) is 76.4 cm³/mol. The maximum absolute atomic E-state index is 10.0. The molecule has 0 aliphatic heterocycles. The summed E-state index contributed by atoms with van der Waals surface area (Å²) in [5, 5.41) is 22.0. The van der Waals surface area contributed by atoms with Crippen LogP contribution in [0.25, 0.3) is 0 Å². The van der Waals surface area contributed by atoms with Crippen LogP contribution >= 0.6 is 27.7 Å². The predicted octanol–water partition coefficient (Wildman–Crippen LogP) is 2.85. The van der Waals surface area contributed by atoms with Gasteiger partial charge in [-0.05, 0) is 31.4 Å². The molecule has 1 atom stereocenters. The lowest BCUT2D eigenvalue weighted by Gasteiger charge is -2.23. The molecule has 0 heterocycles. The SMILES string of the molecule is CSCC(C)(O)CNc1cc(Br)cc(C#N)c1. The van der Waals surface area contributed by atoms with Gasteiger partial charge in [0.05, 0.1) is 17.2 Å². The first-order chi connectivity index (χ1) is 7.96. The van der Waals surface area contributed by atoms with Crippen molar-refractivity contribution in [2.24, 2.45) is 0 Å². The van der Waals surface area contributed by atoms with Gasteiger partial charge in [-0.15, -0.1) is 0 Å². The number of benzene rings is 1. The molecule has 0 aliphatic rings. The fraction of sp³-hybridized carbons (Fsp3) is 0.417. The standard InChI is InChI=1S/C12H15BrN2OS/c1-12(16,8-17-2)7-15-11-4-9(6-14)3-10(13)5-11/h3-5,15-16H,7-8H2,1-2H3. The quantitative estimate of drug-likeness (QED) is 0.877. The van der Waals surface area contributed by atoms with Crippen molar-refractivity contribution in [3.8, 4) is 6.07 Å². The normalized spacial score (nSPS) is 13.8. The Labute approximate surface area is 114 Å². The molecule has 1 aromatic carbocycles. The highest BCUT2D eigenvalue weighted by atomic mass is 79.9. The zero-order valence-corrected chi connectivity index (χ0v) is 12.2. The van der Waals surface area contributed by atoms with Gasteiger partial charge < -0.3 is 10.4 Å². The number of rotatable bonds is 5. The lowest BCUT2D eigenvalue weighted by Crippen LogP contribution is -2.36. The maximum atomic E-state index is 10.0. The van der Waals surface area contributed by atoms with E-state index < -0.39 is 5.60 Å². The van der Waals surface area contributed by atoms with Crippen LogP contribution in [0.4, 0.5) is 5.69 Å². The molecular formula is C12H15BrN2OS. The fourth-order valence-electron chi connectivity index (χ4n) is 1.41. The molecule has 92 valence electrons. The van der Waals surface area contributed by atoms with Crippen molar-refractivity contribution in [2.75, 3.05) is 23.9 Å². The molecular weight excluding hydrogens is 300 g/mol. The second-order valence-electron chi connectivity index (χ2n) is 4.12. The van der Waals surface area contributed by atoms with Crippen molar-refractivity contribution in [3.05, 3.63) is 28.2 Å². The van der Waals surface area contributed by atoms with Crippen LogP contribution in [-0.2, 0) is 0 Å². The van der Waals surface area contributed by atoms with Crippen LogP contribution in [0.1, 0.15) is 12.5 Å². The van der Waals surface area contributed by atoms with Crippen LogP contribution in [0.2, 0.25) is 0 Å². The number of aliphatic hydroxyl groups is 1. The van der Waals surface area contributed by atoms with Gasteiger partial charge >= 0.3 is 0 Å². The Hall–Kier alpha value is -0.700. The zero-order valence-electron chi connectivity index (χ0n) is 9.83. The molecule has 0 radical (unpaired) electrons. The van der Waals surface area contributed by atoms with Crippen molar-refractivity contribution in [2.45, 2.75) is 12.5 Å². The van der Waals surface area contributed by atoms with Gasteiger partial charge in [-0.1, -0.05) is 15.9 Å². The summed E-state index contributed by atoms with van der Waals surface area (Å²) < 4.78 is 0.851. The summed E-state index contributed by atoms with van der Waals surface area (Å²) in [5.41, 5.74) is 0.665. The molecule has 3 nitrogen and oxygen atoms in total.